The van der Waals surface area contributed by atoms with Gasteiger partial charge < -0.3 is 18.9 Å². The van der Waals surface area contributed by atoms with E-state index in [9.17, 15) is 60.3 Å². The highest BCUT2D eigenvalue weighted by Crippen LogP contribution is 2.42. The van der Waals surface area contributed by atoms with Crippen molar-refractivity contribution in [1.82, 2.24) is 0 Å². The van der Waals surface area contributed by atoms with E-state index in [0.29, 0.717) is 36.4 Å². The number of sulfone groups is 1. The third-order valence-corrected chi connectivity index (χ3v) is 13.1. The molecule has 0 heterocycles. The summed E-state index contributed by atoms with van der Waals surface area (Å²) in [5.41, 5.74) is 0.0426. The van der Waals surface area contributed by atoms with E-state index in [-0.39, 0.29) is 11.6 Å². The molecule has 0 aliphatic heterocycles. The number of hydrogen-bond donors (Lipinski definition) is 4. The predicted octanol–water partition coefficient (Wildman–Crippen LogP) is 5.76. The van der Waals surface area contributed by atoms with Crippen LogP contribution in [0, 0.1) is 30.2 Å². The summed E-state index contributed by atoms with van der Waals surface area (Å²) in [6.07, 6.45) is 0. The molecule has 0 aliphatic carbocycles. The Balaban J connectivity index is 1.54. The lowest BCUT2D eigenvalue weighted by Crippen LogP contribution is -2.09. The number of ether oxygens (including phenoxy) is 4. The maximum absolute atomic E-state index is 15.2. The van der Waals surface area contributed by atoms with Gasteiger partial charge in [0.05, 0.1) is 16.9 Å². The van der Waals surface area contributed by atoms with Gasteiger partial charge in [0.15, 0.2) is 0 Å². The van der Waals surface area contributed by atoms with Crippen LogP contribution in [-0.2, 0) is 50.3 Å². The molecule has 0 aromatic heterocycles. The summed E-state index contributed by atoms with van der Waals surface area (Å²) in [4.78, 5) is -6.57. The number of hydrogen-bond acceptors (Lipinski definition) is 14. The molecule has 4 N–H and O–H groups in total. The van der Waals surface area contributed by atoms with Crippen molar-refractivity contribution < 1.29 is 96.8 Å². The summed E-state index contributed by atoms with van der Waals surface area (Å²) in [6, 6.07) is 7.84. The lowest BCUT2D eigenvalue weighted by atomic mass is 10.2. The zero-order valence-electron chi connectivity index (χ0n) is 29.0. The van der Waals surface area contributed by atoms with E-state index in [1.54, 1.807) is 0 Å². The summed E-state index contributed by atoms with van der Waals surface area (Å²) in [5.74, 6) is -17.2. The van der Waals surface area contributed by atoms with Gasteiger partial charge in [0.2, 0.25) is 44.6 Å². The van der Waals surface area contributed by atoms with Crippen LogP contribution in [-0.4, -0.2) is 67.4 Å². The van der Waals surface area contributed by atoms with Crippen LogP contribution in [0.2, 0.25) is 0 Å². The molecule has 5 rings (SSSR count). The topological polar surface area (TPSA) is 289 Å². The van der Waals surface area contributed by atoms with Gasteiger partial charge in [-0.3, -0.25) is 18.2 Å². The van der Waals surface area contributed by atoms with Gasteiger partial charge in [-0.05, 0) is 67.1 Å². The number of aryl methyl sites for hydroxylation is 1. The average Bonchev–Trinajstić information content (AvgIpc) is 3.13. The summed E-state index contributed by atoms with van der Waals surface area (Å²) >= 11 is 0. The minimum Gasteiger partial charge on any atom is -0.495 e. The van der Waals surface area contributed by atoms with E-state index in [0.717, 1.165) is 37.4 Å². The van der Waals surface area contributed by atoms with Gasteiger partial charge in [-0.2, -0.15) is 51.2 Å². The zero-order chi connectivity index (χ0) is 44.2. The second kappa shape index (κ2) is 15.7. The van der Waals surface area contributed by atoms with Gasteiger partial charge in [0.1, 0.15) is 48.3 Å². The average molecular weight is 931 g/mol. The molecule has 0 spiro atoms. The molecule has 316 valence electrons. The van der Waals surface area contributed by atoms with Crippen molar-refractivity contribution in [2.75, 3.05) is 7.11 Å². The largest absolute Gasteiger partial charge is 0.495 e. The fourth-order valence-corrected chi connectivity index (χ4v) is 9.14. The Hall–Kier alpha value is -5.39. The molecule has 18 nitrogen and oxygen atoms in total. The Morgan fingerprint density at radius 3 is 1.24 bits per heavy atom. The SMILES string of the molecule is COc1ccc(Oc2c(F)c(F)c(Oc3ccc(S(=O)(=O)c4ccc(Oc5ccc(C)c(S(=O)(=O)O)c5)c(S(=O)(=O)O)c4)cc3S(=O)(=O)O)c(F)c2F)cc1S(=O)(=O)O. The third-order valence-electron chi connectivity index (χ3n) is 7.70. The van der Waals surface area contributed by atoms with Gasteiger partial charge in [-0.15, -0.1) is 0 Å². The first-order chi connectivity index (χ1) is 27.0. The van der Waals surface area contributed by atoms with E-state index in [4.69, 9.17) is 18.9 Å². The summed E-state index contributed by atoms with van der Waals surface area (Å²) in [6.45, 7) is 1.30. The molecule has 0 unspecified atom stereocenters. The summed E-state index contributed by atoms with van der Waals surface area (Å²) in [5, 5.41) is 0. The van der Waals surface area contributed by atoms with E-state index in [1.165, 1.54) is 6.92 Å². The molecule has 0 saturated carbocycles. The molecule has 0 radical (unpaired) electrons. The highest BCUT2D eigenvalue weighted by atomic mass is 32.2. The van der Waals surface area contributed by atoms with Crippen molar-refractivity contribution in [2.24, 2.45) is 0 Å². The minimum absolute atomic E-state index is 0.0426. The fraction of sp³-hybridized carbons (Fsp3) is 0.0625. The lowest BCUT2D eigenvalue weighted by Gasteiger charge is -2.16. The second-order valence-electron chi connectivity index (χ2n) is 11.6. The van der Waals surface area contributed by atoms with Crippen LogP contribution in [0.4, 0.5) is 17.6 Å². The Morgan fingerprint density at radius 2 is 0.797 bits per heavy atom. The van der Waals surface area contributed by atoms with E-state index in [1.807, 2.05) is 0 Å². The van der Waals surface area contributed by atoms with Gasteiger partial charge in [-0.25, -0.2) is 8.42 Å². The number of benzene rings is 5. The lowest BCUT2D eigenvalue weighted by molar-refractivity contribution is 0.326. The smallest absolute Gasteiger partial charge is 0.298 e. The standard InChI is InChI=1S/C32H22F4O18S5/c1-15-3-4-16(11-23(15)56(39,40)41)52-21-9-6-18(13-25(21)58(45,46)47)55(37,38)19-7-10-22(26(14-19)59(48,49)50)54-32-29(35)27(33)31(28(34)30(32)36)53-17-5-8-20(51-2)24(12-17)57(42,43)44/h3-14H,1-2H3,(H,39,40,41)(H,42,43,44)(H,45,46,47)(H,48,49,50). The molecule has 0 saturated heterocycles. The van der Waals surface area contributed by atoms with Crippen LogP contribution >= 0.6 is 0 Å². The molecular weight excluding hydrogens is 909 g/mol. The predicted molar refractivity (Wildman–Crippen MR) is 188 cm³/mol. The highest BCUT2D eigenvalue weighted by molar-refractivity contribution is 7.91. The first-order valence-electron chi connectivity index (χ1n) is 15.2. The monoisotopic (exact) mass is 930 g/mol. The van der Waals surface area contributed by atoms with Gasteiger partial charge in [0, 0.05) is 12.1 Å². The summed E-state index contributed by atoms with van der Waals surface area (Å²) < 4.78 is 242. The first kappa shape index (κ1) is 44.7. The molecule has 0 fully saturated rings. The van der Waals surface area contributed by atoms with Crippen LogP contribution in [0.15, 0.2) is 102 Å². The first-order valence-corrected chi connectivity index (χ1v) is 22.4. The van der Waals surface area contributed by atoms with Crippen LogP contribution in [0.1, 0.15) is 5.56 Å². The molecular formula is C32H22F4O18S5. The Kier molecular flexibility index (Phi) is 11.9. The maximum Gasteiger partial charge on any atom is 0.298 e. The zero-order valence-corrected chi connectivity index (χ0v) is 33.1. The van der Waals surface area contributed by atoms with Crippen LogP contribution in [0.25, 0.3) is 0 Å². The van der Waals surface area contributed by atoms with E-state index in [2.05, 4.69) is 0 Å². The minimum atomic E-state index is -5.67. The van der Waals surface area contributed by atoms with Gasteiger partial charge >= 0.3 is 0 Å². The third kappa shape index (κ3) is 9.26. The molecule has 0 aliphatic rings. The van der Waals surface area contributed by atoms with Crippen molar-refractivity contribution in [1.29, 1.82) is 0 Å². The van der Waals surface area contributed by atoms with Crippen molar-refractivity contribution >= 4 is 50.3 Å². The van der Waals surface area contributed by atoms with Crippen LogP contribution in [0.3, 0.4) is 0 Å². The number of halogens is 4. The van der Waals surface area contributed by atoms with Gasteiger partial charge in [0.25, 0.3) is 40.5 Å². The Labute approximate surface area is 331 Å². The molecule has 0 amide bonds. The quantitative estimate of drug-likeness (QED) is 0.0620. The molecule has 0 bridgehead atoms. The van der Waals surface area contributed by atoms with E-state index < -0.39 is 143 Å². The number of rotatable bonds is 13. The normalized spacial score (nSPS) is 12.6. The summed E-state index contributed by atoms with van der Waals surface area (Å²) in [7, 11) is -25.0. The second-order valence-corrected chi connectivity index (χ2v) is 19.1. The highest BCUT2D eigenvalue weighted by Gasteiger charge is 2.33. The van der Waals surface area contributed by atoms with Crippen LogP contribution in [0.5, 0.6) is 40.2 Å². The molecule has 59 heavy (non-hydrogen) atoms. The van der Waals surface area contributed by atoms with Gasteiger partial charge in [-0.1, -0.05) is 6.07 Å². The Morgan fingerprint density at radius 1 is 0.441 bits per heavy atom. The molecule has 5 aromatic rings. The van der Waals surface area contributed by atoms with Crippen molar-refractivity contribution in [2.45, 2.75) is 36.3 Å². The van der Waals surface area contributed by atoms with E-state index >= 15 is 17.6 Å². The number of methoxy groups -OCH3 is 1. The van der Waals surface area contributed by atoms with Crippen molar-refractivity contribution in [3.63, 3.8) is 0 Å². The van der Waals surface area contributed by atoms with Crippen molar-refractivity contribution in [3.8, 4) is 40.2 Å². The molecule has 5 aromatic carbocycles. The molecule has 27 heteroatoms. The fourth-order valence-electron chi connectivity index (χ4n) is 4.99. The van der Waals surface area contributed by atoms with Crippen LogP contribution < -0.4 is 18.9 Å². The molecule has 0 atom stereocenters. The Bertz CT molecular complexity index is 3110. The van der Waals surface area contributed by atoms with Crippen molar-refractivity contribution in [3.05, 3.63) is 102 Å². The maximum atomic E-state index is 15.2.